The molecule has 0 aliphatic heterocycles. The van der Waals surface area contributed by atoms with Crippen LogP contribution in [0.2, 0.25) is 0 Å². The number of carbonyl (C=O) groups excluding carboxylic acids is 1. The van der Waals surface area contributed by atoms with E-state index in [1.165, 1.54) is 12.8 Å². The van der Waals surface area contributed by atoms with Crippen LogP contribution >= 0.6 is 11.3 Å². The molecule has 0 spiro atoms. The first kappa shape index (κ1) is 32.0. The van der Waals surface area contributed by atoms with Gasteiger partial charge in [0.15, 0.2) is 0 Å². The zero-order valence-electron chi connectivity index (χ0n) is 24.5. The molecule has 1 aromatic carbocycles. The van der Waals surface area contributed by atoms with Crippen molar-refractivity contribution in [1.82, 2.24) is 19.7 Å². The van der Waals surface area contributed by atoms with Crippen LogP contribution in [0.25, 0.3) is 22.5 Å². The summed E-state index contributed by atoms with van der Waals surface area (Å²) in [5.74, 6) is -0.0208. The highest BCUT2D eigenvalue weighted by Crippen LogP contribution is 2.31. The number of rotatable bonds is 8. The Labute approximate surface area is 243 Å². The van der Waals surface area contributed by atoms with Gasteiger partial charge in [0, 0.05) is 22.5 Å². The first-order valence-electron chi connectivity index (χ1n) is 14.2. The summed E-state index contributed by atoms with van der Waals surface area (Å²) >= 11 is 1.68. The van der Waals surface area contributed by atoms with E-state index < -0.39 is 10.0 Å². The molecule has 0 radical (unpaired) electrons. The van der Waals surface area contributed by atoms with Crippen molar-refractivity contribution < 1.29 is 17.9 Å². The van der Waals surface area contributed by atoms with Gasteiger partial charge < -0.3 is 4.74 Å². The first-order valence-corrected chi connectivity index (χ1v) is 16.7. The number of carbonyl (C=O) groups is 1. The summed E-state index contributed by atoms with van der Waals surface area (Å²) in [6, 6.07) is 12.6. The maximum atomic E-state index is 11.1. The average molecular weight is 589 g/mol. The van der Waals surface area contributed by atoms with Crippen molar-refractivity contribution in [3.63, 3.8) is 0 Å². The van der Waals surface area contributed by atoms with Crippen molar-refractivity contribution in [2.24, 2.45) is 5.92 Å². The number of hydrogen-bond acceptors (Lipinski definition) is 7. The van der Waals surface area contributed by atoms with Crippen molar-refractivity contribution >= 4 is 27.3 Å². The summed E-state index contributed by atoms with van der Waals surface area (Å²) in [5.41, 5.74) is 4.15. The quantitative estimate of drug-likeness (QED) is 0.288. The Hall–Kier alpha value is -2.56. The standard InChI is InChI=1S/C15H15N3S.C9H16O2.C6H13NO2S/c1-11(2)18-16-14(12-6-4-3-5-7-12)15(17-18)13-8-9-19-10-13;1-7(2)9(10)11-8-5-3-4-6-8;1-5(2)7-10(8,9)6-3-4-6/h3-11H,1-2H3;7-8H,3-6H2,1-2H3;5-7H,3-4H2,1-2H3. The molecule has 2 aromatic heterocycles. The van der Waals surface area contributed by atoms with E-state index in [9.17, 15) is 13.2 Å². The average Bonchev–Trinajstić information content (AvgIpc) is 3.26. The fourth-order valence-electron chi connectivity index (χ4n) is 4.05. The predicted molar refractivity (Wildman–Crippen MR) is 163 cm³/mol. The number of hydrogen-bond donors (Lipinski definition) is 1. The summed E-state index contributed by atoms with van der Waals surface area (Å²) in [6.07, 6.45) is 6.47. The Balaban J connectivity index is 0.000000180. The van der Waals surface area contributed by atoms with Gasteiger partial charge in [0.05, 0.1) is 17.2 Å². The highest BCUT2D eigenvalue weighted by molar-refractivity contribution is 7.90. The Morgan fingerprint density at radius 2 is 1.52 bits per heavy atom. The molecule has 2 saturated carbocycles. The Bertz CT molecular complexity index is 1280. The third kappa shape index (κ3) is 9.82. The lowest BCUT2D eigenvalue weighted by atomic mass is 10.1. The summed E-state index contributed by atoms with van der Waals surface area (Å²) in [7, 11) is -2.94. The largest absolute Gasteiger partial charge is 0.462 e. The van der Waals surface area contributed by atoms with Gasteiger partial charge in [-0.15, -0.1) is 0 Å². The summed E-state index contributed by atoms with van der Waals surface area (Å²) in [5, 5.41) is 13.4. The highest BCUT2D eigenvalue weighted by atomic mass is 32.2. The van der Waals surface area contributed by atoms with E-state index >= 15 is 0 Å². The molecular formula is C30H44N4O4S2. The number of nitrogens with one attached hydrogen (secondary N) is 1. The van der Waals surface area contributed by atoms with Gasteiger partial charge in [-0.3, -0.25) is 4.79 Å². The summed E-state index contributed by atoms with van der Waals surface area (Å²) in [4.78, 5) is 12.9. The lowest BCUT2D eigenvalue weighted by molar-refractivity contribution is -0.152. The maximum Gasteiger partial charge on any atom is 0.308 e. The van der Waals surface area contributed by atoms with E-state index in [0.29, 0.717) is 0 Å². The van der Waals surface area contributed by atoms with E-state index in [1.54, 1.807) is 16.1 Å². The number of ether oxygens (including phenoxy) is 1. The number of nitrogens with zero attached hydrogens (tertiary/aromatic N) is 3. The molecule has 40 heavy (non-hydrogen) atoms. The van der Waals surface area contributed by atoms with E-state index in [-0.39, 0.29) is 35.3 Å². The van der Waals surface area contributed by atoms with Gasteiger partial charge in [0.1, 0.15) is 17.5 Å². The van der Waals surface area contributed by atoms with Crippen LogP contribution < -0.4 is 4.72 Å². The Morgan fingerprint density at radius 1 is 0.925 bits per heavy atom. The lowest BCUT2D eigenvalue weighted by Gasteiger charge is -2.12. The molecule has 2 heterocycles. The third-order valence-electron chi connectivity index (χ3n) is 6.35. The number of sulfonamides is 1. The van der Waals surface area contributed by atoms with Crippen LogP contribution in [-0.4, -0.2) is 46.8 Å². The van der Waals surface area contributed by atoms with Crippen molar-refractivity contribution in [2.75, 3.05) is 0 Å². The monoisotopic (exact) mass is 588 g/mol. The molecule has 2 fully saturated rings. The number of aromatic nitrogens is 3. The minimum absolute atomic E-state index is 0.0237. The van der Waals surface area contributed by atoms with Gasteiger partial charge in [0.25, 0.3) is 0 Å². The fourth-order valence-corrected chi connectivity index (χ4v) is 6.29. The number of esters is 1. The maximum absolute atomic E-state index is 11.1. The van der Waals surface area contributed by atoms with Gasteiger partial charge in [0.2, 0.25) is 10.0 Å². The minimum Gasteiger partial charge on any atom is -0.462 e. The second-order valence-electron chi connectivity index (χ2n) is 11.2. The topological polar surface area (TPSA) is 103 Å². The van der Waals surface area contributed by atoms with Crippen LogP contribution in [0.3, 0.4) is 0 Å². The molecule has 3 aromatic rings. The normalized spacial score (nSPS) is 15.5. The Kier molecular flexibility index (Phi) is 11.9. The number of thiophene rings is 1. The second kappa shape index (κ2) is 14.9. The lowest BCUT2D eigenvalue weighted by Crippen LogP contribution is -2.32. The zero-order chi connectivity index (χ0) is 29.3. The smallest absolute Gasteiger partial charge is 0.308 e. The fraction of sp³-hybridized carbons (Fsp3) is 0.567. The number of benzene rings is 1. The van der Waals surface area contributed by atoms with Gasteiger partial charge in [-0.1, -0.05) is 44.2 Å². The van der Waals surface area contributed by atoms with Crippen molar-refractivity contribution in [3.05, 3.63) is 47.2 Å². The van der Waals surface area contributed by atoms with Crippen LogP contribution in [0, 0.1) is 5.92 Å². The first-order chi connectivity index (χ1) is 19.0. The Morgan fingerprint density at radius 3 is 2.00 bits per heavy atom. The molecule has 0 unspecified atom stereocenters. The predicted octanol–water partition coefficient (Wildman–Crippen LogP) is 6.86. The molecule has 1 N–H and O–H groups in total. The van der Waals surface area contributed by atoms with Crippen molar-refractivity contribution in [1.29, 1.82) is 0 Å². The van der Waals surface area contributed by atoms with Crippen LogP contribution in [0.5, 0.6) is 0 Å². The van der Waals surface area contributed by atoms with E-state index in [1.807, 2.05) is 45.9 Å². The van der Waals surface area contributed by atoms with Crippen LogP contribution in [0.15, 0.2) is 47.2 Å². The SMILES string of the molecule is CC(C)C(=O)OC1CCCC1.CC(C)NS(=O)(=O)C1CC1.CC(C)n1nc(-c2ccccc2)c(-c2ccsc2)n1. The van der Waals surface area contributed by atoms with Crippen LogP contribution in [0.4, 0.5) is 0 Å². The summed E-state index contributed by atoms with van der Waals surface area (Å²) in [6.45, 7) is 11.6. The molecular weight excluding hydrogens is 544 g/mol. The molecule has 10 heteroatoms. The van der Waals surface area contributed by atoms with E-state index in [2.05, 4.69) is 57.7 Å². The van der Waals surface area contributed by atoms with Crippen LogP contribution in [-0.2, 0) is 19.6 Å². The van der Waals surface area contributed by atoms with Gasteiger partial charge in [-0.2, -0.15) is 26.3 Å². The molecule has 0 amide bonds. The van der Waals surface area contributed by atoms with Crippen molar-refractivity contribution in [2.45, 2.75) is 104 Å². The van der Waals surface area contributed by atoms with Crippen LogP contribution in [0.1, 0.15) is 86.1 Å². The molecule has 0 atom stereocenters. The molecule has 2 aliphatic rings. The molecule has 2 aliphatic carbocycles. The van der Waals surface area contributed by atoms with Gasteiger partial charge in [-0.05, 0) is 77.7 Å². The zero-order valence-corrected chi connectivity index (χ0v) is 26.2. The molecule has 5 rings (SSSR count). The van der Waals surface area contributed by atoms with Crippen molar-refractivity contribution in [3.8, 4) is 22.5 Å². The van der Waals surface area contributed by atoms with Gasteiger partial charge in [-0.25, -0.2) is 13.1 Å². The summed E-state index contributed by atoms with van der Waals surface area (Å²) < 4.78 is 30.0. The second-order valence-corrected chi connectivity index (χ2v) is 14.0. The molecule has 220 valence electrons. The minimum atomic E-state index is -2.94. The molecule has 0 saturated heterocycles. The van der Waals surface area contributed by atoms with Gasteiger partial charge >= 0.3 is 5.97 Å². The molecule has 0 bridgehead atoms. The highest BCUT2D eigenvalue weighted by Gasteiger charge is 2.35. The van der Waals surface area contributed by atoms with E-state index in [0.717, 1.165) is 48.2 Å². The third-order valence-corrected chi connectivity index (χ3v) is 9.18. The van der Waals surface area contributed by atoms with E-state index in [4.69, 9.17) is 4.74 Å². The molecule has 8 nitrogen and oxygen atoms in total.